The van der Waals surface area contributed by atoms with Crippen LogP contribution in [0.15, 0.2) is 103 Å². The van der Waals surface area contributed by atoms with E-state index < -0.39 is 0 Å². The van der Waals surface area contributed by atoms with Crippen molar-refractivity contribution in [1.29, 1.82) is 0 Å². The van der Waals surface area contributed by atoms with E-state index in [1.165, 1.54) is 22.1 Å². The van der Waals surface area contributed by atoms with Crippen molar-refractivity contribution in [2.24, 2.45) is 0 Å². The van der Waals surface area contributed by atoms with Gasteiger partial charge in [-0.25, -0.2) is 4.98 Å². The summed E-state index contributed by atoms with van der Waals surface area (Å²) in [5.41, 5.74) is 13.4. The van der Waals surface area contributed by atoms with Crippen LogP contribution in [0.25, 0.3) is 61.3 Å². The quantitative estimate of drug-likeness (QED) is 0.176. The molecule has 0 amide bonds. The Labute approximate surface area is 316 Å². The predicted octanol–water partition coefficient (Wildman–Crippen LogP) is 12.1. The third kappa shape index (κ3) is 6.79. The number of phenolic OH excluding ortho intramolecular Hbond substituents is 1. The topological polar surface area (TPSA) is 50.9 Å². The van der Waals surface area contributed by atoms with Gasteiger partial charge in [0.15, 0.2) is 0 Å². The van der Waals surface area contributed by atoms with Crippen molar-refractivity contribution >= 4 is 21.9 Å². The molecule has 0 bridgehead atoms. The normalized spacial score (nSPS) is 12.1. The SMILES string of the molecule is Cc1ccnc2c(-c3[c-]c(-c4cccc5c4nc(-c4cc(C(C)C)ccc4O)n5-c4ccc(C(C)(C)C)cc4)ccc3)cc(C(C)(C)C)cc12.[Pt]. The summed E-state index contributed by atoms with van der Waals surface area (Å²) in [7, 11) is 0. The number of para-hydroxylation sites is 1. The number of benzene rings is 5. The first-order chi connectivity index (χ1) is 23.7. The maximum atomic E-state index is 11.3. The number of aromatic hydroxyl groups is 1. The molecule has 0 saturated carbocycles. The summed E-state index contributed by atoms with van der Waals surface area (Å²) in [6.45, 7) is 19.9. The van der Waals surface area contributed by atoms with Crippen LogP contribution in [0.5, 0.6) is 5.75 Å². The van der Waals surface area contributed by atoms with Crippen LogP contribution in [0.4, 0.5) is 0 Å². The smallest absolute Gasteiger partial charge is 0.148 e. The molecule has 1 N–H and O–H groups in total. The van der Waals surface area contributed by atoms with Crippen molar-refractivity contribution in [1.82, 2.24) is 14.5 Å². The molecule has 0 spiro atoms. The second-order valence-electron chi connectivity index (χ2n) is 15.9. The maximum Gasteiger partial charge on any atom is 0.148 e. The van der Waals surface area contributed by atoms with Gasteiger partial charge in [0.25, 0.3) is 0 Å². The van der Waals surface area contributed by atoms with Crippen molar-refractivity contribution < 1.29 is 26.2 Å². The van der Waals surface area contributed by atoms with Crippen molar-refractivity contribution in [3.05, 3.63) is 132 Å². The number of nitrogens with zero attached hydrogens (tertiary/aromatic N) is 3. The second-order valence-corrected chi connectivity index (χ2v) is 15.9. The van der Waals surface area contributed by atoms with E-state index in [2.05, 4.69) is 158 Å². The van der Waals surface area contributed by atoms with Gasteiger partial charge in [-0.2, -0.15) is 0 Å². The van der Waals surface area contributed by atoms with Crippen LogP contribution in [-0.2, 0) is 31.9 Å². The molecule has 51 heavy (non-hydrogen) atoms. The number of pyridine rings is 1. The molecule has 0 unspecified atom stereocenters. The fourth-order valence-electron chi connectivity index (χ4n) is 6.77. The van der Waals surface area contributed by atoms with Gasteiger partial charge in [0.2, 0.25) is 0 Å². The number of aromatic nitrogens is 3. The van der Waals surface area contributed by atoms with Gasteiger partial charge in [0.1, 0.15) is 11.6 Å². The Morgan fingerprint density at radius 1 is 0.686 bits per heavy atom. The molecule has 0 atom stereocenters. The average molecular weight is 852 g/mol. The Bertz CT molecular complexity index is 2390. The van der Waals surface area contributed by atoms with Gasteiger partial charge in [0.05, 0.1) is 16.6 Å². The Hall–Kier alpha value is -4.53. The van der Waals surface area contributed by atoms with Crippen LogP contribution in [-0.4, -0.2) is 19.6 Å². The van der Waals surface area contributed by atoms with Gasteiger partial charge >= 0.3 is 0 Å². The van der Waals surface area contributed by atoms with Gasteiger partial charge in [-0.1, -0.05) is 109 Å². The largest absolute Gasteiger partial charge is 0.507 e. The van der Waals surface area contributed by atoms with Crippen molar-refractivity contribution in [3.8, 4) is 45.1 Å². The molecule has 4 nitrogen and oxygen atoms in total. The van der Waals surface area contributed by atoms with Gasteiger partial charge in [-0.05, 0) is 87.7 Å². The zero-order chi connectivity index (χ0) is 35.5. The minimum atomic E-state index is -0.0266. The fraction of sp³-hybridized carbons (Fsp3) is 0.261. The second kappa shape index (κ2) is 13.5. The predicted molar refractivity (Wildman–Crippen MR) is 209 cm³/mol. The van der Waals surface area contributed by atoms with Crippen LogP contribution in [0.1, 0.15) is 83.6 Å². The molecular formula is C46H46N3OPt-. The fourth-order valence-corrected chi connectivity index (χ4v) is 6.77. The van der Waals surface area contributed by atoms with E-state index in [1.807, 2.05) is 12.3 Å². The monoisotopic (exact) mass is 851 g/mol. The Morgan fingerprint density at radius 3 is 2.02 bits per heavy atom. The maximum absolute atomic E-state index is 11.3. The molecule has 2 heterocycles. The summed E-state index contributed by atoms with van der Waals surface area (Å²) >= 11 is 0. The van der Waals surface area contributed by atoms with Gasteiger partial charge in [-0.15, -0.1) is 35.4 Å². The molecule has 0 aliphatic carbocycles. The van der Waals surface area contributed by atoms with Gasteiger partial charge < -0.3 is 5.11 Å². The average Bonchev–Trinajstić information content (AvgIpc) is 3.47. The Kier molecular flexibility index (Phi) is 9.63. The van der Waals surface area contributed by atoms with Crippen LogP contribution in [0.2, 0.25) is 0 Å². The molecule has 0 radical (unpaired) electrons. The first-order valence-corrected chi connectivity index (χ1v) is 17.6. The third-order valence-corrected chi connectivity index (χ3v) is 9.91. The van der Waals surface area contributed by atoms with Crippen LogP contribution in [0.3, 0.4) is 0 Å². The van der Waals surface area contributed by atoms with Crippen LogP contribution < -0.4 is 0 Å². The Balaban J connectivity index is 0.00000448. The third-order valence-electron chi connectivity index (χ3n) is 9.91. The summed E-state index contributed by atoms with van der Waals surface area (Å²) < 4.78 is 2.18. The number of imidazole rings is 1. The zero-order valence-electron chi connectivity index (χ0n) is 31.0. The molecule has 2 aromatic heterocycles. The molecular weight excluding hydrogens is 806 g/mol. The first kappa shape index (κ1) is 36.3. The number of rotatable bonds is 5. The van der Waals surface area contributed by atoms with Crippen LogP contribution >= 0.6 is 0 Å². The van der Waals surface area contributed by atoms with E-state index in [0.717, 1.165) is 50.1 Å². The summed E-state index contributed by atoms with van der Waals surface area (Å²) in [4.78, 5) is 10.2. The summed E-state index contributed by atoms with van der Waals surface area (Å²) in [5, 5.41) is 12.5. The Morgan fingerprint density at radius 2 is 1.35 bits per heavy atom. The standard InChI is InChI=1S/C46H46N3O.Pt/c1-28(2)30-16-21-41(50)39(25-30)44-48-43-36(14-11-15-40(43)49(44)35-19-17-33(18-20-35)45(4,5)6)31-12-10-13-32(24-31)38-27-34(46(7,8)9)26-37-29(3)22-23-47-42(37)38;/h10-23,25-28,50H,1-9H3;/q-1;. The van der Waals surface area contributed by atoms with E-state index in [-0.39, 0.29) is 37.6 Å². The van der Waals surface area contributed by atoms with E-state index in [9.17, 15) is 5.11 Å². The molecule has 5 aromatic carbocycles. The van der Waals surface area contributed by atoms with Gasteiger partial charge in [-0.3, -0.25) is 9.55 Å². The van der Waals surface area contributed by atoms with Crippen molar-refractivity contribution in [3.63, 3.8) is 0 Å². The van der Waals surface area contributed by atoms with Crippen LogP contribution in [0, 0.1) is 13.0 Å². The molecule has 0 aliphatic rings. The molecule has 7 aromatic rings. The minimum absolute atomic E-state index is 0. The van der Waals surface area contributed by atoms with E-state index in [0.29, 0.717) is 17.3 Å². The number of phenols is 1. The molecule has 7 rings (SSSR count). The number of hydrogen-bond donors (Lipinski definition) is 1. The summed E-state index contributed by atoms with van der Waals surface area (Å²) in [5.74, 6) is 1.22. The summed E-state index contributed by atoms with van der Waals surface area (Å²) in [6, 6.07) is 37.7. The first-order valence-electron chi connectivity index (χ1n) is 17.6. The summed E-state index contributed by atoms with van der Waals surface area (Å²) in [6.07, 6.45) is 1.90. The van der Waals surface area contributed by atoms with E-state index in [4.69, 9.17) is 9.97 Å². The van der Waals surface area contributed by atoms with Crippen molar-refractivity contribution in [2.75, 3.05) is 0 Å². The number of aryl methyl sites for hydroxylation is 1. The molecule has 0 fully saturated rings. The van der Waals surface area contributed by atoms with Gasteiger partial charge in [0, 0.05) is 38.5 Å². The number of hydrogen-bond acceptors (Lipinski definition) is 3. The van der Waals surface area contributed by atoms with E-state index in [1.54, 1.807) is 6.07 Å². The molecule has 262 valence electrons. The zero-order valence-corrected chi connectivity index (χ0v) is 33.3. The number of fused-ring (bicyclic) bond motifs is 2. The molecule has 0 aliphatic heterocycles. The van der Waals surface area contributed by atoms with E-state index >= 15 is 0 Å². The minimum Gasteiger partial charge on any atom is -0.507 e. The molecule has 5 heteroatoms. The van der Waals surface area contributed by atoms with Crippen molar-refractivity contribution in [2.45, 2.75) is 79.1 Å². The molecule has 0 saturated heterocycles.